The maximum Gasteiger partial charge on any atom is 0.272 e. The van der Waals surface area contributed by atoms with Crippen LogP contribution in [0.25, 0.3) is 16.8 Å². The van der Waals surface area contributed by atoms with Crippen LogP contribution in [0.15, 0.2) is 132 Å². The number of benzene rings is 5. The van der Waals surface area contributed by atoms with Gasteiger partial charge >= 0.3 is 0 Å². The predicted molar refractivity (Wildman–Crippen MR) is 167 cm³/mol. The molecule has 0 saturated carbocycles. The molecule has 6 nitrogen and oxygen atoms in total. The summed E-state index contributed by atoms with van der Waals surface area (Å²) < 4.78 is 13.1. The van der Waals surface area contributed by atoms with Crippen molar-refractivity contribution in [2.75, 3.05) is 16.4 Å². The van der Waals surface area contributed by atoms with Crippen LogP contribution in [0.4, 0.5) is 15.8 Å². The lowest BCUT2D eigenvalue weighted by atomic mass is 10.0. The summed E-state index contributed by atoms with van der Waals surface area (Å²) in [5.41, 5.74) is 2.36. The lowest BCUT2D eigenvalue weighted by Gasteiger charge is -2.12. The molecule has 0 aliphatic heterocycles. The molecule has 0 aliphatic carbocycles. The van der Waals surface area contributed by atoms with Gasteiger partial charge in [0.1, 0.15) is 11.5 Å². The minimum atomic E-state index is -0.480. The second kappa shape index (κ2) is 13.4. The van der Waals surface area contributed by atoms with E-state index in [0.717, 1.165) is 21.2 Å². The summed E-state index contributed by atoms with van der Waals surface area (Å²) in [7, 11) is 0. The van der Waals surface area contributed by atoms with Gasteiger partial charge in [0.2, 0.25) is 5.91 Å². The highest BCUT2D eigenvalue weighted by molar-refractivity contribution is 8.00. The van der Waals surface area contributed by atoms with Crippen molar-refractivity contribution in [3.63, 3.8) is 0 Å². The lowest BCUT2D eigenvalue weighted by molar-refractivity contribution is -0.114. The van der Waals surface area contributed by atoms with Crippen molar-refractivity contribution < 1.29 is 18.8 Å². The first-order chi connectivity index (χ1) is 20.4. The number of rotatable bonds is 9. The number of carbonyl (C=O) groups is 3. The second-order valence-electron chi connectivity index (χ2n) is 9.27. The molecule has 208 valence electrons. The smallest absolute Gasteiger partial charge is 0.272 e. The van der Waals surface area contributed by atoms with Crippen LogP contribution in [0.3, 0.4) is 0 Å². The van der Waals surface area contributed by atoms with E-state index in [-0.39, 0.29) is 23.2 Å². The Kier molecular flexibility index (Phi) is 9.06. The first-order valence-electron chi connectivity index (χ1n) is 13.1. The Labute approximate surface area is 246 Å². The Balaban J connectivity index is 1.29. The van der Waals surface area contributed by atoms with Crippen molar-refractivity contribution in [3.05, 3.63) is 144 Å². The largest absolute Gasteiger partial charge is 0.325 e. The third-order valence-corrected chi connectivity index (χ3v) is 7.27. The van der Waals surface area contributed by atoms with Gasteiger partial charge in [0.15, 0.2) is 0 Å². The quantitative estimate of drug-likeness (QED) is 0.129. The van der Waals surface area contributed by atoms with E-state index < -0.39 is 11.8 Å². The first-order valence-corrected chi connectivity index (χ1v) is 14.1. The monoisotopic (exact) mass is 575 g/mol. The van der Waals surface area contributed by atoms with E-state index in [1.165, 1.54) is 36.0 Å². The highest BCUT2D eigenvalue weighted by Gasteiger charge is 2.16. The maximum atomic E-state index is 13.4. The zero-order chi connectivity index (χ0) is 29.3. The van der Waals surface area contributed by atoms with Crippen LogP contribution in [0.1, 0.15) is 15.9 Å². The van der Waals surface area contributed by atoms with Gasteiger partial charge in [-0.1, -0.05) is 60.7 Å². The number of carbonyl (C=O) groups excluding carboxylic acids is 3. The summed E-state index contributed by atoms with van der Waals surface area (Å²) in [4.78, 5) is 39.5. The number of anilines is 2. The third-order valence-electron chi connectivity index (χ3n) is 6.26. The van der Waals surface area contributed by atoms with E-state index in [4.69, 9.17) is 0 Å². The Hall–Kier alpha value is -5.21. The van der Waals surface area contributed by atoms with Crippen molar-refractivity contribution in [2.45, 2.75) is 4.90 Å². The standard InChI is InChI=1S/C34H26FN3O3S/c35-26-13-15-27(16-14-26)36-32(39)22-42-29-19-17-28(18-20-29)37-34(41)31(38-33(40)24-8-2-1-3-9-24)21-25-11-6-10-23-7-4-5-12-30(23)25/h1-21H,22H2,(H,36,39)(H,37,41)(H,38,40)/b31-21-. The maximum absolute atomic E-state index is 13.4. The van der Waals surface area contributed by atoms with Crippen molar-refractivity contribution in [1.82, 2.24) is 5.32 Å². The number of halogens is 1. The minimum Gasteiger partial charge on any atom is -0.325 e. The molecule has 3 amide bonds. The number of nitrogens with one attached hydrogen (secondary N) is 3. The van der Waals surface area contributed by atoms with Crippen molar-refractivity contribution in [1.29, 1.82) is 0 Å². The van der Waals surface area contributed by atoms with E-state index in [2.05, 4.69) is 16.0 Å². The normalized spacial score (nSPS) is 11.1. The molecule has 3 N–H and O–H groups in total. The molecule has 8 heteroatoms. The van der Waals surface area contributed by atoms with Crippen molar-refractivity contribution >= 4 is 57.7 Å². The Morgan fingerprint density at radius 3 is 2.10 bits per heavy atom. The number of hydrogen-bond donors (Lipinski definition) is 3. The molecule has 5 aromatic carbocycles. The van der Waals surface area contributed by atoms with Crippen LogP contribution in [0.5, 0.6) is 0 Å². The van der Waals surface area contributed by atoms with E-state index >= 15 is 0 Å². The SMILES string of the molecule is O=C(CSc1ccc(NC(=O)/C(=C/c2cccc3ccccc23)NC(=O)c2ccccc2)cc1)Nc1ccc(F)cc1. The number of fused-ring (bicyclic) bond motifs is 1. The molecule has 0 saturated heterocycles. The van der Waals surface area contributed by atoms with Gasteiger partial charge in [-0.2, -0.15) is 0 Å². The summed E-state index contributed by atoms with van der Waals surface area (Å²) in [6.07, 6.45) is 1.67. The zero-order valence-corrected chi connectivity index (χ0v) is 23.2. The lowest BCUT2D eigenvalue weighted by Crippen LogP contribution is -2.30. The summed E-state index contributed by atoms with van der Waals surface area (Å²) in [6.45, 7) is 0. The molecule has 5 aromatic rings. The van der Waals surface area contributed by atoms with Gasteiger partial charge in [-0.3, -0.25) is 14.4 Å². The molecule has 0 unspecified atom stereocenters. The van der Waals surface area contributed by atoms with Crippen LogP contribution in [-0.2, 0) is 9.59 Å². The van der Waals surface area contributed by atoms with E-state index in [1.807, 2.05) is 48.5 Å². The molecule has 0 aliphatic rings. The van der Waals surface area contributed by atoms with E-state index in [9.17, 15) is 18.8 Å². The number of hydrogen-bond acceptors (Lipinski definition) is 4. The van der Waals surface area contributed by atoms with Gasteiger partial charge in [-0.15, -0.1) is 11.8 Å². The molecule has 0 aromatic heterocycles. The molecule has 0 heterocycles. The Bertz CT molecular complexity index is 1750. The van der Waals surface area contributed by atoms with Gasteiger partial charge in [0.25, 0.3) is 11.8 Å². The highest BCUT2D eigenvalue weighted by Crippen LogP contribution is 2.23. The molecule has 0 spiro atoms. The molecule has 0 radical (unpaired) electrons. The molecule has 5 rings (SSSR count). The first kappa shape index (κ1) is 28.3. The van der Waals surface area contributed by atoms with Crippen LogP contribution >= 0.6 is 11.8 Å². The van der Waals surface area contributed by atoms with Gasteiger partial charge in [0.05, 0.1) is 5.75 Å². The molecule has 0 bridgehead atoms. The van der Waals surface area contributed by atoms with E-state index in [1.54, 1.807) is 54.6 Å². The van der Waals surface area contributed by atoms with Gasteiger partial charge in [-0.05, 0) is 83.1 Å². The molecular weight excluding hydrogens is 549 g/mol. The summed E-state index contributed by atoms with van der Waals surface area (Å²) in [5.74, 6) is -1.31. The summed E-state index contributed by atoms with van der Waals surface area (Å²) in [5, 5.41) is 10.3. The van der Waals surface area contributed by atoms with Crippen molar-refractivity contribution in [2.24, 2.45) is 0 Å². The minimum absolute atomic E-state index is 0.0936. The Morgan fingerprint density at radius 2 is 1.33 bits per heavy atom. The third kappa shape index (κ3) is 7.50. The number of thioether (sulfide) groups is 1. The van der Waals surface area contributed by atoms with Gasteiger partial charge in [-0.25, -0.2) is 4.39 Å². The van der Waals surface area contributed by atoms with Crippen molar-refractivity contribution in [3.8, 4) is 0 Å². The molecule has 0 fully saturated rings. The second-order valence-corrected chi connectivity index (χ2v) is 10.3. The van der Waals surface area contributed by atoms with Gasteiger partial charge in [0, 0.05) is 21.8 Å². The highest BCUT2D eigenvalue weighted by atomic mass is 32.2. The summed E-state index contributed by atoms with van der Waals surface area (Å²) >= 11 is 1.33. The average molecular weight is 576 g/mol. The number of amides is 3. The fourth-order valence-corrected chi connectivity index (χ4v) is 4.88. The fourth-order valence-electron chi connectivity index (χ4n) is 4.19. The molecule has 42 heavy (non-hydrogen) atoms. The van der Waals surface area contributed by atoms with Gasteiger partial charge < -0.3 is 16.0 Å². The average Bonchev–Trinajstić information content (AvgIpc) is 3.02. The topological polar surface area (TPSA) is 87.3 Å². The Morgan fingerprint density at radius 1 is 0.690 bits per heavy atom. The van der Waals surface area contributed by atoms with Crippen LogP contribution in [0.2, 0.25) is 0 Å². The fraction of sp³-hybridized carbons (Fsp3) is 0.0294. The molecule has 0 atom stereocenters. The van der Waals surface area contributed by atoms with Crippen LogP contribution in [0, 0.1) is 5.82 Å². The molecular formula is C34H26FN3O3S. The predicted octanol–water partition coefficient (Wildman–Crippen LogP) is 7.12. The van der Waals surface area contributed by atoms with Crippen LogP contribution < -0.4 is 16.0 Å². The summed E-state index contributed by atoms with van der Waals surface area (Å²) in [6, 6.07) is 34.9. The zero-order valence-electron chi connectivity index (χ0n) is 22.3. The van der Waals surface area contributed by atoms with Crippen LogP contribution in [-0.4, -0.2) is 23.5 Å². The van der Waals surface area contributed by atoms with E-state index in [0.29, 0.717) is 16.9 Å².